The number of phenolic OH excluding ortho intramolecular Hbond substituents is 3. The molecule has 11 N–H and O–H groups in total. The number of nitrogens with two attached hydrogens (primary N) is 1. The zero-order valence-electron chi connectivity index (χ0n) is 39.3. The van der Waals surface area contributed by atoms with Crippen LogP contribution in [0.4, 0.5) is 51.2 Å². The second-order valence-electron chi connectivity index (χ2n) is 15.5. The lowest BCUT2D eigenvalue weighted by molar-refractivity contribution is -0.432. The van der Waals surface area contributed by atoms with Gasteiger partial charge in [0.1, 0.15) is 54.6 Å². The molecule has 0 heterocycles. The molecule has 37 heteroatoms. The molecule has 0 fully saturated rings. The first-order chi connectivity index (χ1) is 38.1. The first-order valence-electron chi connectivity index (χ1n) is 21.1. The average Bonchev–Trinajstić information content (AvgIpc) is 3.50. The van der Waals surface area contributed by atoms with Crippen LogP contribution in [0.25, 0.3) is 32.3 Å². The Morgan fingerprint density at radius 2 is 0.963 bits per heavy atom. The van der Waals surface area contributed by atoms with Crippen LogP contribution in [-0.2, 0) is 58.5 Å². The van der Waals surface area contributed by atoms with Crippen LogP contribution in [0.1, 0.15) is 0 Å². The number of hydrogen-bond donors (Lipinski definition) is 10. The van der Waals surface area contributed by atoms with Gasteiger partial charge in [-0.2, -0.15) is 35.5 Å². The molecule has 31 nitrogen and oxygen atoms in total. The Morgan fingerprint density at radius 3 is 1.60 bits per heavy atom. The summed E-state index contributed by atoms with van der Waals surface area (Å²) in [5.41, 5.74) is 3.08. The Labute approximate surface area is 459 Å². The van der Waals surface area contributed by atoms with E-state index in [1.807, 2.05) is 0 Å². The molecule has 0 bridgehead atoms. The summed E-state index contributed by atoms with van der Waals surface area (Å²) in [4.78, 5) is -2.61. The summed E-state index contributed by atoms with van der Waals surface area (Å²) in [6, 6.07) is 21.3. The van der Waals surface area contributed by atoms with Crippen molar-refractivity contribution in [3.63, 3.8) is 0 Å². The largest absolute Gasteiger partial charge is 0.505 e. The van der Waals surface area contributed by atoms with Crippen molar-refractivity contribution in [3.05, 3.63) is 103 Å². The van der Waals surface area contributed by atoms with Gasteiger partial charge in [0.05, 0.1) is 80.4 Å². The minimum atomic E-state index is -5.24. The second kappa shape index (κ2) is 24.4. The molecule has 80 heavy (non-hydrogen) atoms. The molecule has 0 spiro atoms. The number of benzene rings is 8. The number of methoxy groups -OCH3 is 1. The third kappa shape index (κ3) is 12.8. The second-order valence-corrected chi connectivity index (χ2v) is 21.9. The maximum absolute atomic E-state index is 12.9. The van der Waals surface area contributed by atoms with E-state index in [1.54, 1.807) is 6.07 Å². The molecule has 0 unspecified atom stereocenters. The van der Waals surface area contributed by atoms with Crippen molar-refractivity contribution in [1.82, 2.24) is 0 Å². The van der Waals surface area contributed by atoms with Crippen LogP contribution in [0.2, 0.25) is 0 Å². The highest BCUT2D eigenvalue weighted by atomic mass is 32.2. The van der Waals surface area contributed by atoms with Crippen molar-refractivity contribution in [2.75, 3.05) is 12.8 Å². The Morgan fingerprint density at radius 1 is 0.450 bits per heavy atom. The number of ether oxygens (including phenoxy) is 1. The lowest BCUT2D eigenvalue weighted by atomic mass is 10.0. The zero-order chi connectivity index (χ0) is 57.7. The fraction of sp³-hybridized carbons (Fsp3) is 0.0233. The van der Waals surface area contributed by atoms with Crippen LogP contribution < -0.4 is 10.5 Å². The van der Waals surface area contributed by atoms with Crippen molar-refractivity contribution in [3.8, 4) is 23.0 Å². The first kappa shape index (κ1) is 58.5. The Balaban J connectivity index is 1.19. The molecule has 0 amide bonds. The number of nitrogen functional groups attached to an aromatic ring is 1. The fourth-order valence-electron chi connectivity index (χ4n) is 7.32. The highest BCUT2D eigenvalue weighted by Crippen LogP contribution is 2.51. The number of aromatic hydroxyl groups is 3. The molecule has 0 aromatic heterocycles. The van der Waals surface area contributed by atoms with Crippen LogP contribution in [0.3, 0.4) is 0 Å². The summed E-state index contributed by atoms with van der Waals surface area (Å²) in [6.45, 7) is 0. The molecule has 8 aromatic carbocycles. The molecule has 0 aliphatic heterocycles. The van der Waals surface area contributed by atoms with Crippen LogP contribution >= 0.6 is 36.1 Å². The van der Waals surface area contributed by atoms with Gasteiger partial charge in [-0.15, -0.1) is 43.7 Å². The predicted octanol–water partition coefficient (Wildman–Crippen LogP) is 12.5. The van der Waals surface area contributed by atoms with Gasteiger partial charge in [0.2, 0.25) is 0 Å². The topological polar surface area (TPSA) is 474 Å². The number of phenols is 3. The number of azo groups is 4. The summed E-state index contributed by atoms with van der Waals surface area (Å²) >= 11 is 1.06. The molecular formula is C43H31N9O22S6. The van der Waals surface area contributed by atoms with Gasteiger partial charge >= 0.3 is 0 Å². The minimum Gasteiger partial charge on any atom is -0.505 e. The van der Waals surface area contributed by atoms with E-state index in [-0.39, 0.29) is 93.2 Å². The predicted molar refractivity (Wildman–Crippen MR) is 279 cm³/mol. The highest BCUT2D eigenvalue weighted by molar-refractivity contribution is 7.95. The van der Waals surface area contributed by atoms with Gasteiger partial charge in [-0.05, 0) is 95.0 Å². The van der Waals surface area contributed by atoms with E-state index in [0.717, 1.165) is 30.3 Å². The third-order valence-electron chi connectivity index (χ3n) is 10.8. The third-order valence-corrected chi connectivity index (χ3v) is 15.3. The quantitative estimate of drug-likeness (QED) is 0.00797. The van der Waals surface area contributed by atoms with Crippen molar-refractivity contribution in [1.29, 1.82) is 0 Å². The molecule has 0 saturated carbocycles. The minimum absolute atomic E-state index is 0.00444. The van der Waals surface area contributed by atoms with E-state index in [0.29, 0.717) is 24.1 Å². The maximum atomic E-state index is 12.9. The summed E-state index contributed by atoms with van der Waals surface area (Å²) in [5, 5.41) is 104. The van der Waals surface area contributed by atoms with Gasteiger partial charge in [-0.1, -0.05) is 33.3 Å². The monoisotopic (exact) mass is 1220 g/mol. The Hall–Kier alpha value is -7.64. The Bertz CT molecular complexity index is 4250. The first-order valence-corrected chi connectivity index (χ1v) is 27.6. The van der Waals surface area contributed by atoms with Crippen LogP contribution in [-0.4, -0.2) is 77.1 Å². The summed E-state index contributed by atoms with van der Waals surface area (Å²) < 4.78 is 124. The van der Waals surface area contributed by atoms with Gasteiger partial charge in [0, 0.05) is 16.8 Å². The molecule has 8 rings (SSSR count). The molecule has 416 valence electrons. The van der Waals surface area contributed by atoms with Crippen LogP contribution in [0.5, 0.6) is 23.0 Å². The summed E-state index contributed by atoms with van der Waals surface area (Å²) in [6.07, 6.45) is 0. The SMILES string of the molecule is COc1ccc(N=Nc2c(SOOO)cc3cc(N=Nc4c(SOOO)cc5cc(S(=O)(=O)O)c(N=Nc6ccc7cc(S(=O)(=O)O)c(N=Nc8ccccc8SOOO)c(O)c7c6)c(N)c5c4O)ccc3c2O)c(S(=O)(=O)O)c1. The van der Waals surface area contributed by atoms with E-state index in [1.165, 1.54) is 73.8 Å². The highest BCUT2D eigenvalue weighted by Gasteiger charge is 2.27. The molecule has 0 aliphatic rings. The molecule has 0 saturated heterocycles. The van der Waals surface area contributed by atoms with Gasteiger partial charge in [0.25, 0.3) is 30.4 Å². The summed E-state index contributed by atoms with van der Waals surface area (Å²) in [5.74, 6) is -2.18. The zero-order valence-corrected chi connectivity index (χ0v) is 44.2. The molecule has 8 aromatic rings. The van der Waals surface area contributed by atoms with Gasteiger partial charge in [-0.25, -0.2) is 15.8 Å². The van der Waals surface area contributed by atoms with Crippen molar-refractivity contribution in [2.45, 2.75) is 29.4 Å². The molecule has 0 aliphatic carbocycles. The van der Waals surface area contributed by atoms with E-state index in [2.05, 4.69) is 69.0 Å². The van der Waals surface area contributed by atoms with Crippen LogP contribution in [0.15, 0.2) is 173 Å². The van der Waals surface area contributed by atoms with Crippen molar-refractivity contribution >= 4 is 150 Å². The molecular weight excluding hydrogens is 1190 g/mol. The molecule has 0 atom stereocenters. The van der Waals surface area contributed by atoms with E-state index >= 15 is 0 Å². The number of nitrogens with zero attached hydrogens (tertiary/aromatic N) is 8. The standard InChI is InChI=1S/C43H31N9O22S6/c1-68-24-9-11-28(32(18-24)78(59,60)61)48-50-37-30(76-73-70-57)13-20-12-22(8-10-25(20)41(37)53)45-49-38-31(77-74-71-58)14-21-16-33(79(62,63)64)39(36(44)35(21)43(38)55)51-46-23-7-6-19-15-34(80(65,66)67)40(42(54)26(19)17-23)52-47-27-4-2-3-5-29(27)75-72-69-56/h2-18,53-58H,44H2,1H3,(H,59,60,61)(H,62,63,64)(H,65,66,67). The van der Waals surface area contributed by atoms with E-state index in [9.17, 15) is 54.2 Å². The van der Waals surface area contributed by atoms with E-state index in [4.69, 9.17) is 26.2 Å². The van der Waals surface area contributed by atoms with Crippen LogP contribution in [0, 0.1) is 0 Å². The van der Waals surface area contributed by atoms with Crippen molar-refractivity contribution < 1.29 is 103 Å². The number of rotatable bonds is 21. The fourth-order valence-corrected chi connectivity index (χ4v) is 10.7. The van der Waals surface area contributed by atoms with E-state index < -0.39 is 85.0 Å². The van der Waals surface area contributed by atoms with Gasteiger partial charge in [0.15, 0.2) is 17.2 Å². The smallest absolute Gasteiger partial charge is 0.296 e. The van der Waals surface area contributed by atoms with Crippen molar-refractivity contribution in [2.24, 2.45) is 40.9 Å². The maximum Gasteiger partial charge on any atom is 0.296 e. The lowest BCUT2D eigenvalue weighted by Crippen LogP contribution is -2.02. The normalized spacial score (nSPS) is 12.7. The number of hydrogen-bond acceptors (Lipinski definition) is 31. The Kier molecular flexibility index (Phi) is 17.8. The lowest BCUT2D eigenvalue weighted by Gasteiger charge is -2.14. The number of anilines is 1. The van der Waals surface area contributed by atoms with Gasteiger partial charge in [-0.3, -0.25) is 13.7 Å². The summed E-state index contributed by atoms with van der Waals surface area (Å²) in [7, 11) is -13.9. The molecule has 0 radical (unpaired) electrons. The van der Waals surface area contributed by atoms with Gasteiger partial charge < -0.3 is 25.8 Å². The number of fused-ring (bicyclic) bond motifs is 3. The average molecular weight is 1220 g/mol.